The van der Waals surface area contributed by atoms with E-state index in [2.05, 4.69) is 5.32 Å². The van der Waals surface area contributed by atoms with Gasteiger partial charge in [0.2, 0.25) is 0 Å². The molecule has 6 nitrogen and oxygen atoms in total. The molecule has 19 heavy (non-hydrogen) atoms. The molecular weight excluding hydrogens is 272 g/mol. The molecule has 0 aromatic heterocycles. The second kappa shape index (κ2) is 6.43. The second-order valence-electron chi connectivity index (χ2n) is 5.71. The van der Waals surface area contributed by atoms with E-state index in [9.17, 15) is 9.59 Å². The lowest BCUT2D eigenvalue weighted by molar-refractivity contribution is -0.154. The Morgan fingerprint density at radius 2 is 1.89 bits per heavy atom. The van der Waals surface area contributed by atoms with Crippen molar-refractivity contribution in [1.82, 2.24) is 5.32 Å². The molecule has 1 amide bonds. The Morgan fingerprint density at radius 3 is 2.26 bits per heavy atom. The first-order chi connectivity index (χ1) is 8.22. The van der Waals surface area contributed by atoms with Crippen molar-refractivity contribution < 1.29 is 19.1 Å². The molecule has 3 N–H and O–H groups in total. The number of halogens is 1. The van der Waals surface area contributed by atoms with Crippen LogP contribution in [0, 0.1) is 5.92 Å². The van der Waals surface area contributed by atoms with Crippen LogP contribution in [-0.4, -0.2) is 36.9 Å². The van der Waals surface area contributed by atoms with Gasteiger partial charge in [0.05, 0.1) is 7.11 Å². The molecule has 112 valence electrons. The van der Waals surface area contributed by atoms with Crippen molar-refractivity contribution in [2.45, 2.75) is 44.8 Å². The van der Waals surface area contributed by atoms with Crippen molar-refractivity contribution >= 4 is 24.5 Å². The van der Waals surface area contributed by atoms with Crippen LogP contribution in [0.3, 0.4) is 0 Å². The minimum absolute atomic E-state index is 0. The number of rotatable bonds is 3. The maximum Gasteiger partial charge on any atom is 0.408 e. The highest BCUT2D eigenvalue weighted by Crippen LogP contribution is 2.38. The number of carbonyl (C=O) groups excluding carboxylic acids is 2. The summed E-state index contributed by atoms with van der Waals surface area (Å²) in [6.45, 7) is 5.79. The minimum Gasteiger partial charge on any atom is -0.467 e. The van der Waals surface area contributed by atoms with Crippen molar-refractivity contribution in [2.75, 3.05) is 13.7 Å². The van der Waals surface area contributed by atoms with E-state index in [0.29, 0.717) is 19.4 Å². The molecule has 0 aromatic rings. The second-order valence-corrected chi connectivity index (χ2v) is 5.71. The lowest BCUT2D eigenvalue weighted by atomic mass is 9.68. The normalized spacial score (nSPS) is 25.6. The highest BCUT2D eigenvalue weighted by atomic mass is 35.5. The van der Waals surface area contributed by atoms with E-state index in [1.807, 2.05) is 0 Å². The van der Waals surface area contributed by atoms with Crippen molar-refractivity contribution in [3.8, 4) is 0 Å². The lowest BCUT2D eigenvalue weighted by Crippen LogP contribution is -2.64. The van der Waals surface area contributed by atoms with E-state index in [1.165, 1.54) is 7.11 Å². The van der Waals surface area contributed by atoms with Gasteiger partial charge in [-0.3, -0.25) is 0 Å². The summed E-state index contributed by atoms with van der Waals surface area (Å²) in [5, 5.41) is 2.61. The third kappa shape index (κ3) is 4.54. The fourth-order valence-electron chi connectivity index (χ4n) is 2.11. The predicted octanol–water partition coefficient (Wildman–Crippen LogP) is 1.21. The number of carbonyl (C=O) groups is 2. The third-order valence-corrected chi connectivity index (χ3v) is 2.92. The number of nitrogens with one attached hydrogen (secondary N) is 1. The Morgan fingerprint density at radius 1 is 1.37 bits per heavy atom. The molecule has 1 aliphatic rings. The summed E-state index contributed by atoms with van der Waals surface area (Å²) in [6.07, 6.45) is 0.383. The van der Waals surface area contributed by atoms with Crippen molar-refractivity contribution in [1.29, 1.82) is 0 Å². The summed E-state index contributed by atoms with van der Waals surface area (Å²) in [5.41, 5.74) is 3.96. The molecule has 0 unspecified atom stereocenters. The third-order valence-electron chi connectivity index (χ3n) is 2.92. The summed E-state index contributed by atoms with van der Waals surface area (Å²) in [6, 6.07) is 0. The summed E-state index contributed by atoms with van der Waals surface area (Å²) in [5.74, 6) is -0.211. The molecule has 0 saturated heterocycles. The molecule has 0 bridgehead atoms. The fraction of sp³-hybridized carbons (Fsp3) is 0.833. The number of alkyl carbamates (subject to hydrolysis) is 1. The zero-order chi connectivity index (χ0) is 14.0. The van der Waals surface area contributed by atoms with Crippen LogP contribution in [0.2, 0.25) is 0 Å². The molecule has 1 fully saturated rings. The van der Waals surface area contributed by atoms with Gasteiger partial charge in [0, 0.05) is 0 Å². The molecule has 0 radical (unpaired) electrons. The maximum absolute atomic E-state index is 11.7. The Labute approximate surface area is 119 Å². The molecular formula is C12H23ClN2O4. The zero-order valence-electron chi connectivity index (χ0n) is 11.8. The van der Waals surface area contributed by atoms with E-state index < -0.39 is 23.2 Å². The van der Waals surface area contributed by atoms with Crippen LogP contribution in [0.15, 0.2) is 0 Å². The maximum atomic E-state index is 11.7. The molecule has 0 heterocycles. The van der Waals surface area contributed by atoms with Crippen LogP contribution in [0.5, 0.6) is 0 Å². The van der Waals surface area contributed by atoms with Gasteiger partial charge in [0.1, 0.15) is 11.1 Å². The molecule has 0 aromatic carbocycles. The summed E-state index contributed by atoms with van der Waals surface area (Å²) in [4.78, 5) is 23.5. The van der Waals surface area contributed by atoms with Crippen LogP contribution >= 0.6 is 12.4 Å². The predicted molar refractivity (Wildman–Crippen MR) is 73.1 cm³/mol. The topological polar surface area (TPSA) is 90.6 Å². The largest absolute Gasteiger partial charge is 0.467 e. The number of amides is 1. The Kier molecular flexibility index (Phi) is 6.09. The van der Waals surface area contributed by atoms with Gasteiger partial charge >= 0.3 is 12.1 Å². The van der Waals surface area contributed by atoms with Gasteiger partial charge in [0.15, 0.2) is 0 Å². The summed E-state index contributed by atoms with van der Waals surface area (Å²) in [7, 11) is 1.30. The first-order valence-corrected chi connectivity index (χ1v) is 6.02. The Hall–Kier alpha value is -1.01. The van der Waals surface area contributed by atoms with E-state index in [4.69, 9.17) is 15.2 Å². The summed E-state index contributed by atoms with van der Waals surface area (Å²) < 4.78 is 9.87. The van der Waals surface area contributed by atoms with Gasteiger partial charge < -0.3 is 20.5 Å². The Bertz CT molecular complexity index is 335. The molecule has 1 rings (SSSR count). The van der Waals surface area contributed by atoms with E-state index in [-0.39, 0.29) is 18.3 Å². The van der Waals surface area contributed by atoms with Gasteiger partial charge in [-0.15, -0.1) is 12.4 Å². The van der Waals surface area contributed by atoms with E-state index in [1.54, 1.807) is 20.8 Å². The first-order valence-electron chi connectivity index (χ1n) is 6.02. The molecule has 1 saturated carbocycles. The van der Waals surface area contributed by atoms with Crippen LogP contribution in [0.4, 0.5) is 4.79 Å². The Balaban J connectivity index is 0.00000324. The molecule has 1 aliphatic carbocycles. The quantitative estimate of drug-likeness (QED) is 0.764. The van der Waals surface area contributed by atoms with Gasteiger partial charge in [-0.2, -0.15) is 0 Å². The average molecular weight is 295 g/mol. The minimum atomic E-state index is -0.971. The standard InChI is InChI=1S/C12H22N2O4.ClH/c1-11(2,3)18-10(16)14-12(9(15)17-4)5-8(6-12)7-13;/h8H,5-7,13H2,1-4H3,(H,14,16);1H. The molecule has 7 heteroatoms. The van der Waals surface area contributed by atoms with Crippen LogP contribution < -0.4 is 11.1 Å². The number of hydrogen-bond donors (Lipinski definition) is 2. The number of nitrogens with two attached hydrogens (primary N) is 1. The lowest BCUT2D eigenvalue weighted by Gasteiger charge is -2.45. The van der Waals surface area contributed by atoms with E-state index >= 15 is 0 Å². The highest BCUT2D eigenvalue weighted by molar-refractivity contribution is 5.87. The van der Waals surface area contributed by atoms with Crippen LogP contribution in [-0.2, 0) is 14.3 Å². The molecule has 0 atom stereocenters. The molecule has 0 aliphatic heterocycles. The molecule has 0 spiro atoms. The van der Waals surface area contributed by atoms with Gasteiger partial charge in [-0.05, 0) is 46.1 Å². The number of methoxy groups -OCH3 is 1. The number of hydrogen-bond acceptors (Lipinski definition) is 5. The number of esters is 1. The van der Waals surface area contributed by atoms with Crippen molar-refractivity contribution in [2.24, 2.45) is 11.7 Å². The summed E-state index contributed by atoms with van der Waals surface area (Å²) >= 11 is 0. The van der Waals surface area contributed by atoms with Crippen LogP contribution in [0.1, 0.15) is 33.6 Å². The monoisotopic (exact) mass is 294 g/mol. The smallest absolute Gasteiger partial charge is 0.408 e. The number of ether oxygens (including phenoxy) is 2. The van der Waals surface area contributed by atoms with Crippen molar-refractivity contribution in [3.05, 3.63) is 0 Å². The van der Waals surface area contributed by atoms with Crippen molar-refractivity contribution in [3.63, 3.8) is 0 Å². The average Bonchev–Trinajstić information content (AvgIpc) is 2.18. The van der Waals surface area contributed by atoms with E-state index in [0.717, 1.165) is 0 Å². The SMILES string of the molecule is COC(=O)C1(NC(=O)OC(C)(C)C)CC(CN)C1.Cl. The fourth-order valence-corrected chi connectivity index (χ4v) is 2.11. The van der Waals surface area contributed by atoms with Gasteiger partial charge in [-0.25, -0.2) is 9.59 Å². The first kappa shape index (κ1) is 18.0. The highest BCUT2D eigenvalue weighted by Gasteiger charge is 2.52. The zero-order valence-corrected chi connectivity index (χ0v) is 12.6. The van der Waals surface area contributed by atoms with Gasteiger partial charge in [-0.1, -0.05) is 0 Å². The van der Waals surface area contributed by atoms with Gasteiger partial charge in [0.25, 0.3) is 0 Å². The van der Waals surface area contributed by atoms with Crippen LogP contribution in [0.25, 0.3) is 0 Å².